The summed E-state index contributed by atoms with van der Waals surface area (Å²) in [6, 6.07) is 7.28. The van der Waals surface area contributed by atoms with Gasteiger partial charge >= 0.3 is 0 Å². The van der Waals surface area contributed by atoms with Crippen molar-refractivity contribution in [3.8, 4) is 0 Å². The molecule has 0 aliphatic carbocycles. The second-order valence-corrected chi connectivity index (χ2v) is 4.72. The quantitative estimate of drug-likeness (QED) is 0.877. The number of hydrogen-bond donors (Lipinski definition) is 1. The molecular weight excluding hydrogens is 275 g/mol. The van der Waals surface area contributed by atoms with Gasteiger partial charge < -0.3 is 10.6 Å². The van der Waals surface area contributed by atoms with Crippen molar-refractivity contribution in [3.05, 3.63) is 47.7 Å². The van der Waals surface area contributed by atoms with E-state index in [0.29, 0.717) is 17.1 Å². The number of nitrogens with zero attached hydrogens (tertiary/aromatic N) is 3. The third-order valence-electron chi connectivity index (χ3n) is 3.01. The van der Waals surface area contributed by atoms with Gasteiger partial charge in [-0.15, -0.1) is 0 Å². The van der Waals surface area contributed by atoms with Crippen molar-refractivity contribution in [2.24, 2.45) is 5.73 Å². The van der Waals surface area contributed by atoms with Gasteiger partial charge in [-0.2, -0.15) is 0 Å². The van der Waals surface area contributed by atoms with Crippen LogP contribution in [0.3, 0.4) is 0 Å². The van der Waals surface area contributed by atoms with Crippen molar-refractivity contribution in [2.45, 2.75) is 13.3 Å². The van der Waals surface area contributed by atoms with Crippen LogP contribution in [0.4, 0.5) is 15.9 Å². The summed E-state index contributed by atoms with van der Waals surface area (Å²) in [5.41, 5.74) is 7.50. The first-order chi connectivity index (χ1) is 9.54. The Morgan fingerprint density at radius 3 is 2.80 bits per heavy atom. The maximum Gasteiger partial charge on any atom is 0.187 e. The number of thiocarbonyl (C=S) groups is 1. The van der Waals surface area contributed by atoms with Crippen molar-refractivity contribution in [3.63, 3.8) is 0 Å². The predicted octanol–water partition coefficient (Wildman–Crippen LogP) is 2.58. The Morgan fingerprint density at radius 2 is 2.15 bits per heavy atom. The second-order valence-electron chi connectivity index (χ2n) is 4.29. The maximum absolute atomic E-state index is 14.3. The van der Waals surface area contributed by atoms with Gasteiger partial charge in [0.05, 0.1) is 5.69 Å². The number of hydrogen-bond acceptors (Lipinski definition) is 4. The number of aryl methyl sites for hydroxylation is 1. The number of nitrogens with two attached hydrogens (primary N) is 1. The van der Waals surface area contributed by atoms with E-state index in [1.807, 2.05) is 25.1 Å². The summed E-state index contributed by atoms with van der Waals surface area (Å²) in [5.74, 6) is -0.171. The minimum Gasteiger partial charge on any atom is -0.389 e. The van der Waals surface area contributed by atoms with E-state index < -0.39 is 5.82 Å². The molecule has 2 aromatic rings. The summed E-state index contributed by atoms with van der Waals surface area (Å²) in [6.07, 6.45) is 1.88. The first-order valence-electron chi connectivity index (χ1n) is 6.17. The van der Waals surface area contributed by atoms with Gasteiger partial charge in [0.25, 0.3) is 0 Å². The van der Waals surface area contributed by atoms with Gasteiger partial charge in [0.1, 0.15) is 11.3 Å². The first kappa shape index (κ1) is 14.3. The number of benzene rings is 1. The topological polar surface area (TPSA) is 55.0 Å². The maximum atomic E-state index is 14.3. The fourth-order valence-corrected chi connectivity index (χ4v) is 1.99. The monoisotopic (exact) mass is 290 g/mol. The lowest BCUT2D eigenvalue weighted by atomic mass is 10.2. The Labute approximate surface area is 122 Å². The molecule has 1 aromatic carbocycles. The van der Waals surface area contributed by atoms with Crippen molar-refractivity contribution in [2.75, 3.05) is 11.9 Å². The van der Waals surface area contributed by atoms with E-state index in [0.717, 1.165) is 11.3 Å². The highest BCUT2D eigenvalue weighted by atomic mass is 32.1. The van der Waals surface area contributed by atoms with Crippen LogP contribution in [-0.2, 0) is 6.42 Å². The second kappa shape index (κ2) is 5.92. The molecule has 0 radical (unpaired) electrons. The minimum absolute atomic E-state index is 0.233. The fraction of sp³-hybridized carbons (Fsp3) is 0.214. The van der Waals surface area contributed by atoms with Crippen molar-refractivity contribution >= 4 is 28.7 Å². The van der Waals surface area contributed by atoms with Gasteiger partial charge in [0.2, 0.25) is 0 Å². The van der Waals surface area contributed by atoms with Crippen molar-refractivity contribution in [1.82, 2.24) is 9.97 Å². The average Bonchev–Trinajstić information content (AvgIpc) is 2.47. The van der Waals surface area contributed by atoms with Gasteiger partial charge in [-0.05, 0) is 18.6 Å². The standard InChI is InChI=1S/C14H15FN4S/c1-3-11-12(15)14(18-8-17-11)19(2)10-6-4-5-9(7-10)13(16)20/h4-8H,3H2,1-2H3,(H2,16,20). The molecule has 0 aliphatic rings. The van der Waals surface area contributed by atoms with Crippen LogP contribution < -0.4 is 10.6 Å². The molecule has 0 bridgehead atoms. The summed E-state index contributed by atoms with van der Waals surface area (Å²) in [6.45, 7) is 1.85. The number of rotatable bonds is 4. The number of anilines is 2. The molecular formula is C14H15FN4S. The Kier molecular flexibility index (Phi) is 4.24. The highest BCUT2D eigenvalue weighted by Gasteiger charge is 2.15. The molecule has 0 unspecified atom stereocenters. The molecule has 1 heterocycles. The van der Waals surface area contributed by atoms with Crippen molar-refractivity contribution < 1.29 is 4.39 Å². The van der Waals surface area contributed by atoms with E-state index in [9.17, 15) is 4.39 Å². The molecule has 104 valence electrons. The molecule has 0 saturated heterocycles. The molecule has 0 atom stereocenters. The zero-order valence-corrected chi connectivity index (χ0v) is 12.1. The lowest BCUT2D eigenvalue weighted by molar-refractivity contribution is 0.593. The van der Waals surface area contributed by atoms with E-state index in [2.05, 4.69) is 9.97 Å². The van der Waals surface area contributed by atoms with Gasteiger partial charge in [0.15, 0.2) is 11.6 Å². The fourth-order valence-electron chi connectivity index (χ4n) is 1.87. The highest BCUT2D eigenvalue weighted by Crippen LogP contribution is 2.25. The van der Waals surface area contributed by atoms with E-state index in [-0.39, 0.29) is 5.82 Å². The lowest BCUT2D eigenvalue weighted by Crippen LogP contribution is -2.16. The Morgan fingerprint density at radius 1 is 1.40 bits per heavy atom. The molecule has 1 aromatic heterocycles. The van der Waals surface area contributed by atoms with Gasteiger partial charge in [-0.1, -0.05) is 31.3 Å². The molecule has 4 nitrogen and oxygen atoms in total. The first-order valence-corrected chi connectivity index (χ1v) is 6.58. The molecule has 2 N–H and O–H groups in total. The largest absolute Gasteiger partial charge is 0.389 e. The summed E-state index contributed by atoms with van der Waals surface area (Å²) in [5, 5.41) is 0. The van der Waals surface area contributed by atoms with Crippen LogP contribution in [-0.4, -0.2) is 22.0 Å². The Bertz CT molecular complexity index is 645. The van der Waals surface area contributed by atoms with Gasteiger partial charge in [-0.3, -0.25) is 0 Å². The van der Waals surface area contributed by atoms with Crippen LogP contribution in [0.25, 0.3) is 0 Å². The zero-order valence-electron chi connectivity index (χ0n) is 11.3. The Hall–Kier alpha value is -2.08. The number of aromatic nitrogens is 2. The molecule has 0 amide bonds. The molecule has 0 spiro atoms. The highest BCUT2D eigenvalue weighted by molar-refractivity contribution is 7.80. The average molecular weight is 290 g/mol. The summed E-state index contributed by atoms with van der Waals surface area (Å²) in [7, 11) is 1.74. The smallest absolute Gasteiger partial charge is 0.187 e. The van der Waals surface area contributed by atoms with Crippen LogP contribution in [0.1, 0.15) is 18.2 Å². The molecule has 2 rings (SSSR count). The third-order valence-corrected chi connectivity index (χ3v) is 3.25. The summed E-state index contributed by atoms with van der Waals surface area (Å²) in [4.78, 5) is 9.89. The van der Waals surface area contributed by atoms with E-state index in [1.165, 1.54) is 6.33 Å². The normalized spacial score (nSPS) is 10.3. The van der Waals surface area contributed by atoms with Crippen LogP contribution in [0, 0.1) is 5.82 Å². The van der Waals surface area contributed by atoms with E-state index >= 15 is 0 Å². The van der Waals surface area contributed by atoms with Crippen LogP contribution in [0.2, 0.25) is 0 Å². The molecule has 20 heavy (non-hydrogen) atoms. The van der Waals surface area contributed by atoms with Gasteiger partial charge in [-0.25, -0.2) is 14.4 Å². The minimum atomic E-state index is -0.404. The van der Waals surface area contributed by atoms with E-state index in [1.54, 1.807) is 18.0 Å². The lowest BCUT2D eigenvalue weighted by Gasteiger charge is -2.20. The SMILES string of the molecule is CCc1ncnc(N(C)c2cccc(C(N)=S)c2)c1F. The van der Waals surface area contributed by atoms with Crippen LogP contribution >= 0.6 is 12.2 Å². The molecule has 0 aliphatic heterocycles. The third kappa shape index (κ3) is 2.75. The van der Waals surface area contributed by atoms with Gasteiger partial charge in [0, 0.05) is 18.3 Å². The predicted molar refractivity (Wildman–Crippen MR) is 81.8 cm³/mol. The van der Waals surface area contributed by atoms with Crippen LogP contribution in [0.15, 0.2) is 30.6 Å². The Balaban J connectivity index is 2.43. The number of halogens is 1. The molecule has 6 heteroatoms. The van der Waals surface area contributed by atoms with Crippen molar-refractivity contribution in [1.29, 1.82) is 0 Å². The summed E-state index contributed by atoms with van der Waals surface area (Å²) >= 11 is 4.95. The zero-order chi connectivity index (χ0) is 14.7. The molecule has 0 saturated carbocycles. The molecule has 0 fully saturated rings. The van der Waals surface area contributed by atoms with Crippen LogP contribution in [0.5, 0.6) is 0 Å². The van der Waals surface area contributed by atoms with E-state index in [4.69, 9.17) is 18.0 Å². The summed E-state index contributed by atoms with van der Waals surface area (Å²) < 4.78 is 14.3.